The van der Waals surface area contributed by atoms with Crippen molar-refractivity contribution in [2.24, 2.45) is 5.92 Å². The number of aliphatic hydroxyl groups excluding tert-OH is 1. The zero-order chi connectivity index (χ0) is 29.4. The maximum absolute atomic E-state index is 13.7. The Labute approximate surface area is 238 Å². The van der Waals surface area contributed by atoms with Crippen LogP contribution in [0.5, 0.6) is 5.75 Å². The quantitative estimate of drug-likeness (QED) is 0.323. The minimum absolute atomic E-state index is 0.0128. The molecule has 0 radical (unpaired) electrons. The molecule has 3 rings (SSSR count). The van der Waals surface area contributed by atoms with E-state index in [1.165, 1.54) is 23.5 Å². The van der Waals surface area contributed by atoms with E-state index < -0.39 is 22.2 Å². The van der Waals surface area contributed by atoms with Crippen LogP contribution < -0.4 is 15.0 Å². The Morgan fingerprint density at radius 2 is 1.60 bits per heavy atom. The van der Waals surface area contributed by atoms with Gasteiger partial charge in [0.25, 0.3) is 5.91 Å². The van der Waals surface area contributed by atoms with Crippen molar-refractivity contribution in [2.45, 2.75) is 44.2 Å². The minimum atomic E-state index is -3.93. The Hall–Kier alpha value is -3.40. The average Bonchev–Trinajstić information content (AvgIpc) is 2.92. The van der Waals surface area contributed by atoms with Crippen LogP contribution in [0.15, 0.2) is 77.7 Å². The molecule has 0 saturated heterocycles. The van der Waals surface area contributed by atoms with Crippen molar-refractivity contribution in [1.29, 1.82) is 0 Å². The van der Waals surface area contributed by atoms with Crippen LogP contribution in [-0.4, -0.2) is 70.2 Å². The molecule has 0 bridgehead atoms. The largest absolute Gasteiger partial charge is 0.497 e. The zero-order valence-electron chi connectivity index (χ0n) is 24.2. The molecule has 0 fully saturated rings. The number of rotatable bonds is 13. The number of ether oxygens (including phenoxy) is 1. The molecule has 1 unspecified atom stereocenters. The van der Waals surface area contributed by atoms with Gasteiger partial charge in [-0.05, 0) is 66.8 Å². The number of sulfonamides is 1. The number of nitrogens with one attached hydrogen (secondary N) is 1. The van der Waals surface area contributed by atoms with Crippen LogP contribution in [-0.2, 0) is 16.4 Å². The average molecular weight is 568 g/mol. The van der Waals surface area contributed by atoms with E-state index >= 15 is 0 Å². The number of aliphatic hydroxyl groups is 1. The van der Waals surface area contributed by atoms with Crippen molar-refractivity contribution >= 4 is 21.6 Å². The number of hydrogen-bond acceptors (Lipinski definition) is 6. The second-order valence-electron chi connectivity index (χ2n) is 10.6. The third-order valence-corrected chi connectivity index (χ3v) is 8.61. The fourth-order valence-corrected chi connectivity index (χ4v) is 6.28. The van der Waals surface area contributed by atoms with Gasteiger partial charge in [-0.2, -0.15) is 4.31 Å². The minimum Gasteiger partial charge on any atom is -0.497 e. The molecule has 0 spiro atoms. The first-order valence-corrected chi connectivity index (χ1v) is 14.8. The lowest BCUT2D eigenvalue weighted by Gasteiger charge is -2.31. The topological polar surface area (TPSA) is 99.2 Å². The molecule has 8 nitrogen and oxygen atoms in total. The van der Waals surface area contributed by atoms with Crippen LogP contribution in [0.4, 0.5) is 5.69 Å². The summed E-state index contributed by atoms with van der Waals surface area (Å²) in [4.78, 5) is 15.6. The zero-order valence-corrected chi connectivity index (χ0v) is 25.0. The van der Waals surface area contributed by atoms with E-state index in [4.69, 9.17) is 4.74 Å². The van der Waals surface area contributed by atoms with Crippen molar-refractivity contribution in [2.75, 3.05) is 39.2 Å². The molecular weight excluding hydrogens is 526 g/mol. The van der Waals surface area contributed by atoms with E-state index in [2.05, 4.69) is 5.32 Å². The first-order chi connectivity index (χ1) is 18.9. The van der Waals surface area contributed by atoms with Gasteiger partial charge in [-0.3, -0.25) is 4.79 Å². The molecule has 0 heterocycles. The van der Waals surface area contributed by atoms with E-state index in [-0.39, 0.29) is 29.8 Å². The molecule has 1 amide bonds. The highest BCUT2D eigenvalue weighted by atomic mass is 32.2. The molecule has 40 heavy (non-hydrogen) atoms. The van der Waals surface area contributed by atoms with Gasteiger partial charge in [0.05, 0.1) is 24.2 Å². The third-order valence-electron chi connectivity index (χ3n) is 6.77. The van der Waals surface area contributed by atoms with Gasteiger partial charge >= 0.3 is 0 Å². The Kier molecular flexibility index (Phi) is 10.7. The standard InChI is InChI=1S/C31H41N3O5S/c1-22(2)20-34(40(37,38)26-17-15-25(39-6)16-18-26)21-30(35)28(19-24-11-8-7-9-12-24)32-31(36)27-13-10-14-29(23(27)3)33(4)5/h7-18,22,28,30,35H,19-21H2,1-6H3,(H,32,36)/t28-,30?/m0/s1. The normalized spacial score (nSPS) is 13.2. The number of carbonyl (C=O) groups is 1. The van der Waals surface area contributed by atoms with Crippen LogP contribution in [0.2, 0.25) is 0 Å². The summed E-state index contributed by atoms with van der Waals surface area (Å²) < 4.78 is 33.8. The summed E-state index contributed by atoms with van der Waals surface area (Å²) in [6, 6.07) is 20.5. The molecule has 3 aromatic carbocycles. The van der Waals surface area contributed by atoms with Gasteiger partial charge < -0.3 is 20.1 Å². The van der Waals surface area contributed by atoms with Crippen molar-refractivity contribution in [3.63, 3.8) is 0 Å². The number of anilines is 1. The van der Waals surface area contributed by atoms with Gasteiger partial charge in [0.1, 0.15) is 5.75 Å². The van der Waals surface area contributed by atoms with E-state index in [1.54, 1.807) is 18.2 Å². The molecule has 216 valence electrons. The van der Waals surface area contributed by atoms with E-state index in [1.807, 2.05) is 82.2 Å². The summed E-state index contributed by atoms with van der Waals surface area (Å²) in [7, 11) is 1.42. The number of amides is 1. The third kappa shape index (κ3) is 7.84. The Balaban J connectivity index is 1.92. The van der Waals surface area contributed by atoms with Crippen LogP contribution >= 0.6 is 0 Å². The molecule has 0 saturated carbocycles. The van der Waals surface area contributed by atoms with Crippen LogP contribution in [0.3, 0.4) is 0 Å². The highest BCUT2D eigenvalue weighted by Crippen LogP contribution is 2.23. The fraction of sp³-hybridized carbons (Fsp3) is 0.387. The van der Waals surface area contributed by atoms with Gasteiger partial charge in [-0.15, -0.1) is 0 Å². The number of hydrogen-bond donors (Lipinski definition) is 2. The molecule has 3 aromatic rings. The van der Waals surface area contributed by atoms with Gasteiger partial charge in [0, 0.05) is 38.4 Å². The van der Waals surface area contributed by atoms with Crippen molar-refractivity contribution in [3.05, 3.63) is 89.5 Å². The van der Waals surface area contributed by atoms with E-state index in [0.29, 0.717) is 17.7 Å². The maximum Gasteiger partial charge on any atom is 0.251 e. The smallest absolute Gasteiger partial charge is 0.251 e. The van der Waals surface area contributed by atoms with E-state index in [0.717, 1.165) is 16.8 Å². The first-order valence-electron chi connectivity index (χ1n) is 13.4. The van der Waals surface area contributed by atoms with Crippen LogP contribution in [0.1, 0.15) is 35.3 Å². The highest BCUT2D eigenvalue weighted by Gasteiger charge is 2.31. The second-order valence-corrected chi connectivity index (χ2v) is 12.5. The molecule has 2 N–H and O–H groups in total. The van der Waals surface area contributed by atoms with Gasteiger partial charge in [0.15, 0.2) is 0 Å². The lowest BCUT2D eigenvalue weighted by molar-refractivity contribution is 0.0775. The Morgan fingerprint density at radius 1 is 0.950 bits per heavy atom. The molecule has 2 atom stereocenters. The maximum atomic E-state index is 13.7. The predicted molar refractivity (Wildman–Crippen MR) is 160 cm³/mol. The Morgan fingerprint density at radius 3 is 2.17 bits per heavy atom. The van der Waals surface area contributed by atoms with Gasteiger partial charge in [-0.1, -0.05) is 50.2 Å². The lowest BCUT2D eigenvalue weighted by Crippen LogP contribution is -2.51. The lowest BCUT2D eigenvalue weighted by atomic mass is 9.99. The summed E-state index contributed by atoms with van der Waals surface area (Å²) in [5, 5.41) is 14.5. The number of carbonyl (C=O) groups excluding carboxylic acids is 1. The molecule has 9 heteroatoms. The Bertz CT molecular complexity index is 1360. The second kappa shape index (κ2) is 13.8. The van der Waals surface area contributed by atoms with Crippen molar-refractivity contribution in [1.82, 2.24) is 9.62 Å². The fourth-order valence-electron chi connectivity index (χ4n) is 4.66. The predicted octanol–water partition coefficient (Wildman–Crippen LogP) is 4.12. The summed E-state index contributed by atoms with van der Waals surface area (Å²) in [5.74, 6) is 0.238. The summed E-state index contributed by atoms with van der Waals surface area (Å²) in [5.41, 5.74) is 3.16. The number of nitrogens with zero attached hydrogens (tertiary/aromatic N) is 2. The molecular formula is C31H41N3O5S. The SMILES string of the molecule is COc1ccc(S(=O)(=O)N(CC(C)C)CC(O)[C@H](Cc2ccccc2)NC(=O)c2cccc(N(C)C)c2C)cc1. The number of benzene rings is 3. The molecule has 0 aliphatic heterocycles. The van der Waals surface area contributed by atoms with Crippen molar-refractivity contribution < 1.29 is 23.1 Å². The number of methoxy groups -OCH3 is 1. The van der Waals surface area contributed by atoms with Gasteiger partial charge in [-0.25, -0.2) is 8.42 Å². The molecule has 0 aliphatic rings. The van der Waals surface area contributed by atoms with Gasteiger partial charge in [0.2, 0.25) is 10.0 Å². The summed E-state index contributed by atoms with van der Waals surface area (Å²) in [6.07, 6.45) is -0.841. The van der Waals surface area contributed by atoms with E-state index in [9.17, 15) is 18.3 Å². The first kappa shape index (κ1) is 31.1. The van der Waals surface area contributed by atoms with Crippen LogP contribution in [0.25, 0.3) is 0 Å². The molecule has 0 aliphatic carbocycles. The van der Waals surface area contributed by atoms with Crippen molar-refractivity contribution in [3.8, 4) is 5.75 Å². The highest BCUT2D eigenvalue weighted by molar-refractivity contribution is 7.89. The monoisotopic (exact) mass is 567 g/mol. The molecule has 0 aromatic heterocycles. The summed E-state index contributed by atoms with van der Waals surface area (Å²) in [6.45, 7) is 5.76. The summed E-state index contributed by atoms with van der Waals surface area (Å²) >= 11 is 0. The van der Waals surface area contributed by atoms with Crippen LogP contribution in [0, 0.1) is 12.8 Å².